The van der Waals surface area contributed by atoms with Crippen LogP contribution in [0.1, 0.15) is 21.5 Å². The number of nitrogens with one attached hydrogen (secondary N) is 2. The first kappa shape index (κ1) is 21.6. The average molecular weight is 439 g/mol. The number of para-hydroxylation sites is 1. The zero-order valence-electron chi connectivity index (χ0n) is 16.9. The second kappa shape index (κ2) is 9.60. The number of nitrogens with two attached hydrogens (primary N) is 1. The van der Waals surface area contributed by atoms with Crippen LogP contribution in [0, 0.1) is 13.8 Å². The van der Waals surface area contributed by atoms with Crippen LogP contribution in [0.25, 0.3) is 0 Å². The van der Waals surface area contributed by atoms with E-state index in [0.717, 1.165) is 21.7 Å². The molecule has 0 saturated heterocycles. The maximum Gasteiger partial charge on any atom is 0.255 e. The molecule has 4 N–H and O–H groups in total. The summed E-state index contributed by atoms with van der Waals surface area (Å²) in [5.74, 6) is 0.426. The highest BCUT2D eigenvalue weighted by Crippen LogP contribution is 2.34. The lowest BCUT2D eigenvalue weighted by Gasteiger charge is -2.15. The fourth-order valence-electron chi connectivity index (χ4n) is 2.88. The van der Waals surface area contributed by atoms with Gasteiger partial charge in [-0.15, -0.1) is 0 Å². The topological polar surface area (TPSA) is 88.7 Å². The van der Waals surface area contributed by atoms with Crippen molar-refractivity contribution in [1.29, 1.82) is 0 Å². The van der Waals surface area contributed by atoms with Gasteiger partial charge in [-0.25, -0.2) is 0 Å². The van der Waals surface area contributed by atoms with Crippen LogP contribution in [0.2, 0.25) is 0 Å². The third-order valence-corrected chi connectivity index (χ3v) is 5.60. The minimum absolute atomic E-state index is 0.279. The summed E-state index contributed by atoms with van der Waals surface area (Å²) in [5, 5.41) is 2.89. The van der Waals surface area contributed by atoms with Crippen molar-refractivity contribution in [3.8, 4) is 5.75 Å². The third kappa shape index (κ3) is 4.90. The molecule has 0 saturated carbocycles. The van der Waals surface area contributed by atoms with Crippen LogP contribution in [-0.2, 0) is 12.4 Å². The van der Waals surface area contributed by atoms with E-state index >= 15 is 0 Å². The molecule has 1 amide bonds. The maximum atomic E-state index is 12.6. The van der Waals surface area contributed by atoms with Crippen molar-refractivity contribution in [1.82, 2.24) is 0 Å². The molecule has 0 fully saturated rings. The Balaban J connectivity index is 1.80. The molecule has 30 heavy (non-hydrogen) atoms. The van der Waals surface area contributed by atoms with E-state index in [1.165, 1.54) is 11.9 Å². The lowest BCUT2D eigenvalue weighted by molar-refractivity contribution is 0.102. The Morgan fingerprint density at radius 3 is 2.50 bits per heavy atom. The van der Waals surface area contributed by atoms with Crippen LogP contribution in [0.15, 0.2) is 63.9 Å². The Hall–Kier alpha value is -3.10. The van der Waals surface area contributed by atoms with Crippen LogP contribution >= 0.6 is 11.9 Å². The highest BCUT2D eigenvalue weighted by Gasteiger charge is 2.12. The molecular formula is C22H22N4O2S2. The first-order valence-corrected chi connectivity index (χ1v) is 10.3. The predicted molar refractivity (Wildman–Crippen MR) is 127 cm³/mol. The van der Waals surface area contributed by atoms with E-state index in [1.54, 1.807) is 31.4 Å². The van der Waals surface area contributed by atoms with E-state index in [0.29, 0.717) is 28.4 Å². The van der Waals surface area contributed by atoms with Gasteiger partial charge in [0.15, 0.2) is 0 Å². The Bertz CT molecular complexity index is 1080. The third-order valence-electron chi connectivity index (χ3n) is 4.56. The number of ether oxygens (including phenoxy) is 1. The number of hydrogen-bond acceptors (Lipinski definition) is 7. The second-order valence-electron chi connectivity index (χ2n) is 6.66. The van der Waals surface area contributed by atoms with Gasteiger partial charge in [-0.2, -0.15) is 4.36 Å². The SMILES string of the molecule is COc1ccc(NC(=O)c2ccc(N)c(N=S)c2)cc1SNc1c(C)cccc1C. The molecule has 0 atom stereocenters. The molecule has 0 unspecified atom stereocenters. The van der Waals surface area contributed by atoms with Gasteiger partial charge in [-0.3, -0.25) is 4.79 Å². The Morgan fingerprint density at radius 2 is 1.83 bits per heavy atom. The number of methoxy groups -OCH3 is 1. The second-order valence-corrected chi connectivity index (χ2v) is 7.69. The number of benzene rings is 3. The predicted octanol–water partition coefficient (Wildman–Crippen LogP) is 5.63. The van der Waals surface area contributed by atoms with Gasteiger partial charge in [-0.1, -0.05) is 18.2 Å². The van der Waals surface area contributed by atoms with Crippen molar-refractivity contribution >= 4 is 53.0 Å². The van der Waals surface area contributed by atoms with E-state index in [4.69, 9.17) is 22.9 Å². The highest BCUT2D eigenvalue weighted by atomic mass is 32.2. The fraction of sp³-hybridized carbons (Fsp3) is 0.136. The molecular weight excluding hydrogens is 416 g/mol. The van der Waals surface area contributed by atoms with E-state index < -0.39 is 0 Å². The minimum atomic E-state index is -0.279. The van der Waals surface area contributed by atoms with Crippen LogP contribution in [0.3, 0.4) is 0 Å². The number of anilines is 3. The van der Waals surface area contributed by atoms with Crippen molar-refractivity contribution in [2.45, 2.75) is 18.7 Å². The molecule has 3 aromatic rings. The van der Waals surface area contributed by atoms with Crippen molar-refractivity contribution in [3.05, 3.63) is 71.3 Å². The molecule has 6 nitrogen and oxygen atoms in total. The lowest BCUT2D eigenvalue weighted by atomic mass is 10.1. The molecule has 0 spiro atoms. The van der Waals surface area contributed by atoms with Crippen LogP contribution in [-0.4, -0.2) is 13.0 Å². The maximum absolute atomic E-state index is 12.6. The van der Waals surface area contributed by atoms with Gasteiger partial charge in [0, 0.05) is 23.7 Å². The largest absolute Gasteiger partial charge is 0.496 e. The molecule has 0 aliphatic carbocycles. The number of aryl methyl sites for hydroxylation is 2. The normalized spacial score (nSPS) is 10.4. The van der Waals surface area contributed by atoms with Gasteiger partial charge >= 0.3 is 0 Å². The molecule has 3 aromatic carbocycles. The van der Waals surface area contributed by atoms with Crippen molar-refractivity contribution < 1.29 is 9.53 Å². The van der Waals surface area contributed by atoms with Gasteiger partial charge in [0.25, 0.3) is 5.91 Å². The van der Waals surface area contributed by atoms with Crippen molar-refractivity contribution in [2.75, 3.05) is 22.9 Å². The summed E-state index contributed by atoms with van der Waals surface area (Å²) in [4.78, 5) is 13.5. The Labute approximate surface area is 185 Å². The van der Waals surface area contributed by atoms with Gasteiger partial charge in [0.05, 0.1) is 23.4 Å². The summed E-state index contributed by atoms with van der Waals surface area (Å²) in [6, 6.07) is 16.4. The molecule has 0 heterocycles. The standard InChI is InChI=1S/C22H22N4O2S2/c1-13-5-4-6-14(2)21(13)26-30-20-12-16(8-10-19(20)28-3)24-22(27)15-7-9-17(23)18(11-15)25-29/h4-12,26H,23H2,1-3H3,(H,24,27). The molecule has 0 bridgehead atoms. The van der Waals surface area contributed by atoms with Crippen LogP contribution in [0.4, 0.5) is 22.7 Å². The van der Waals surface area contributed by atoms with E-state index in [-0.39, 0.29) is 5.91 Å². The van der Waals surface area contributed by atoms with Crippen molar-refractivity contribution in [2.24, 2.45) is 4.36 Å². The first-order valence-electron chi connectivity index (χ1n) is 9.14. The van der Waals surface area contributed by atoms with Gasteiger partial charge in [0.1, 0.15) is 11.4 Å². The summed E-state index contributed by atoms with van der Waals surface area (Å²) >= 11 is 6.13. The zero-order chi connectivity index (χ0) is 21.7. The number of nitrogens with zero attached hydrogens (tertiary/aromatic N) is 1. The molecule has 0 aliphatic rings. The van der Waals surface area contributed by atoms with E-state index in [9.17, 15) is 4.79 Å². The number of amides is 1. The van der Waals surface area contributed by atoms with Gasteiger partial charge in [-0.05, 0) is 73.3 Å². The van der Waals surface area contributed by atoms with E-state index in [1.807, 2.05) is 18.2 Å². The molecule has 154 valence electrons. The van der Waals surface area contributed by atoms with Gasteiger partial charge < -0.3 is 20.5 Å². The molecule has 0 aliphatic heterocycles. The molecule has 3 rings (SSSR count). The minimum Gasteiger partial charge on any atom is -0.496 e. The summed E-state index contributed by atoms with van der Waals surface area (Å²) < 4.78 is 12.5. The number of carbonyl (C=O) groups excluding carboxylic acids is 1. The number of nitrogen functional groups attached to an aromatic ring is 1. The first-order chi connectivity index (χ1) is 14.4. The number of hydrogen-bond donors (Lipinski definition) is 3. The van der Waals surface area contributed by atoms with Crippen LogP contribution in [0.5, 0.6) is 5.75 Å². The zero-order valence-corrected chi connectivity index (χ0v) is 18.5. The molecule has 0 radical (unpaired) electrons. The summed E-state index contributed by atoms with van der Waals surface area (Å²) in [5.41, 5.74) is 11.0. The molecule has 0 aromatic heterocycles. The smallest absolute Gasteiger partial charge is 0.255 e. The summed E-state index contributed by atoms with van der Waals surface area (Å²) in [6.07, 6.45) is 0. The number of carbonyl (C=O) groups is 1. The van der Waals surface area contributed by atoms with Crippen molar-refractivity contribution in [3.63, 3.8) is 0 Å². The monoisotopic (exact) mass is 438 g/mol. The molecule has 8 heteroatoms. The van der Waals surface area contributed by atoms with E-state index in [2.05, 4.69) is 40.4 Å². The number of rotatable bonds is 7. The highest BCUT2D eigenvalue weighted by molar-refractivity contribution is 8.00. The van der Waals surface area contributed by atoms with Crippen LogP contribution < -0.4 is 20.5 Å². The summed E-state index contributed by atoms with van der Waals surface area (Å²) in [6.45, 7) is 4.11. The Morgan fingerprint density at radius 1 is 1.10 bits per heavy atom. The quantitative estimate of drug-likeness (QED) is 0.327. The van der Waals surface area contributed by atoms with Gasteiger partial charge in [0.2, 0.25) is 0 Å². The fourth-order valence-corrected chi connectivity index (χ4v) is 4.01. The Kier molecular flexibility index (Phi) is 6.91. The average Bonchev–Trinajstić information content (AvgIpc) is 2.74. The summed E-state index contributed by atoms with van der Waals surface area (Å²) in [7, 11) is 1.62. The lowest BCUT2D eigenvalue weighted by Crippen LogP contribution is -2.12.